The second-order valence-electron chi connectivity index (χ2n) is 6.20. The van der Waals surface area contributed by atoms with E-state index < -0.39 is 0 Å². The first-order chi connectivity index (χ1) is 13.5. The molecule has 0 N–H and O–H groups in total. The number of methoxy groups -OCH3 is 3. The van der Waals surface area contributed by atoms with E-state index in [-0.39, 0.29) is 18.4 Å². The molecule has 0 saturated carbocycles. The zero-order chi connectivity index (χ0) is 20.5. The summed E-state index contributed by atoms with van der Waals surface area (Å²) >= 11 is 0. The summed E-state index contributed by atoms with van der Waals surface area (Å²) in [5.41, 5.74) is 0.767. The zero-order valence-electron chi connectivity index (χ0n) is 16.9. The number of ether oxygens (including phenoxy) is 4. The van der Waals surface area contributed by atoms with Gasteiger partial charge in [0.1, 0.15) is 0 Å². The van der Waals surface area contributed by atoms with Gasteiger partial charge in [0.05, 0.1) is 34.5 Å². The third-order valence-corrected chi connectivity index (χ3v) is 4.45. The summed E-state index contributed by atoms with van der Waals surface area (Å²) in [5.74, 6) is 1.25. The van der Waals surface area contributed by atoms with Crippen LogP contribution in [-0.2, 0) is 14.3 Å². The number of benzene rings is 1. The quantitative estimate of drug-likeness (QED) is 0.489. The van der Waals surface area contributed by atoms with E-state index in [1.165, 1.54) is 6.08 Å². The van der Waals surface area contributed by atoms with E-state index in [9.17, 15) is 9.59 Å². The second kappa shape index (κ2) is 10.6. The Morgan fingerprint density at radius 2 is 1.61 bits per heavy atom. The Balaban J connectivity index is 1.96. The van der Waals surface area contributed by atoms with Gasteiger partial charge in [0.2, 0.25) is 11.7 Å². The first kappa shape index (κ1) is 21.6. The maximum Gasteiger partial charge on any atom is 0.320 e. The van der Waals surface area contributed by atoms with Crippen molar-refractivity contribution in [2.45, 2.75) is 6.92 Å². The van der Waals surface area contributed by atoms with Gasteiger partial charge in [0.25, 0.3) is 0 Å². The maximum atomic E-state index is 12.5. The van der Waals surface area contributed by atoms with Gasteiger partial charge < -0.3 is 23.8 Å². The lowest BCUT2D eigenvalue weighted by atomic mass is 10.1. The lowest BCUT2D eigenvalue weighted by molar-refractivity contribution is -0.145. The largest absolute Gasteiger partial charge is 0.493 e. The molecule has 1 saturated heterocycles. The number of carbonyl (C=O) groups excluding carboxylic acids is 2. The third kappa shape index (κ3) is 5.63. The lowest BCUT2D eigenvalue weighted by Crippen LogP contribution is -2.49. The molecule has 28 heavy (non-hydrogen) atoms. The molecule has 8 heteroatoms. The predicted molar refractivity (Wildman–Crippen MR) is 105 cm³/mol. The average Bonchev–Trinajstić information content (AvgIpc) is 2.71. The highest BCUT2D eigenvalue weighted by atomic mass is 16.5. The highest BCUT2D eigenvalue weighted by molar-refractivity contribution is 5.92. The molecule has 154 valence electrons. The minimum absolute atomic E-state index is 0.0791. The van der Waals surface area contributed by atoms with Crippen LogP contribution in [0.2, 0.25) is 0 Å². The molecule has 1 aromatic carbocycles. The van der Waals surface area contributed by atoms with E-state index in [2.05, 4.69) is 0 Å². The molecule has 0 radical (unpaired) electrons. The minimum Gasteiger partial charge on any atom is -0.493 e. The van der Waals surface area contributed by atoms with Gasteiger partial charge in [-0.05, 0) is 30.7 Å². The van der Waals surface area contributed by atoms with E-state index >= 15 is 0 Å². The number of esters is 1. The fraction of sp³-hybridized carbons (Fsp3) is 0.500. The second-order valence-corrected chi connectivity index (χ2v) is 6.20. The van der Waals surface area contributed by atoms with Crippen molar-refractivity contribution in [1.82, 2.24) is 9.80 Å². The molecular formula is C20H28N2O6. The van der Waals surface area contributed by atoms with Crippen LogP contribution in [0, 0.1) is 0 Å². The van der Waals surface area contributed by atoms with Crippen molar-refractivity contribution in [3.63, 3.8) is 0 Å². The predicted octanol–water partition coefficient (Wildman–Crippen LogP) is 1.43. The van der Waals surface area contributed by atoms with Gasteiger partial charge in [-0.15, -0.1) is 0 Å². The third-order valence-electron chi connectivity index (χ3n) is 4.45. The van der Waals surface area contributed by atoms with Gasteiger partial charge in [0.15, 0.2) is 11.5 Å². The summed E-state index contributed by atoms with van der Waals surface area (Å²) in [7, 11) is 4.64. The van der Waals surface area contributed by atoms with Crippen LogP contribution in [0.25, 0.3) is 6.08 Å². The molecule has 0 aromatic heterocycles. The molecule has 1 amide bonds. The highest BCUT2D eigenvalue weighted by Crippen LogP contribution is 2.38. The summed E-state index contributed by atoms with van der Waals surface area (Å²) in [5, 5.41) is 0. The average molecular weight is 392 g/mol. The molecule has 1 aliphatic rings. The topological polar surface area (TPSA) is 77.5 Å². The minimum atomic E-state index is -0.232. The summed E-state index contributed by atoms with van der Waals surface area (Å²) in [6.45, 7) is 4.84. The monoisotopic (exact) mass is 392 g/mol. The number of amides is 1. The SMILES string of the molecule is CCOC(=O)CN1CCN(C(=O)/C=C/c2cc(OC)c(OC)c(OC)c2)CC1. The Kier molecular flexibility index (Phi) is 8.13. The van der Waals surface area contributed by atoms with Gasteiger partial charge in [-0.1, -0.05) is 0 Å². The normalized spacial score (nSPS) is 14.8. The lowest BCUT2D eigenvalue weighted by Gasteiger charge is -2.33. The summed E-state index contributed by atoms with van der Waals surface area (Å²) < 4.78 is 20.9. The number of rotatable bonds is 8. The molecule has 0 atom stereocenters. The van der Waals surface area contributed by atoms with Crippen LogP contribution < -0.4 is 14.2 Å². The molecule has 0 bridgehead atoms. The molecule has 1 aromatic rings. The Bertz CT molecular complexity index is 686. The van der Waals surface area contributed by atoms with E-state index in [1.807, 2.05) is 4.90 Å². The number of piperazine rings is 1. The van der Waals surface area contributed by atoms with Crippen molar-refractivity contribution in [3.05, 3.63) is 23.8 Å². The Morgan fingerprint density at radius 3 is 2.11 bits per heavy atom. The molecule has 0 unspecified atom stereocenters. The Hall–Kier alpha value is -2.74. The van der Waals surface area contributed by atoms with E-state index in [0.717, 1.165) is 5.56 Å². The Morgan fingerprint density at radius 1 is 1.00 bits per heavy atom. The maximum absolute atomic E-state index is 12.5. The van der Waals surface area contributed by atoms with Crippen LogP contribution in [0.1, 0.15) is 12.5 Å². The fourth-order valence-electron chi connectivity index (χ4n) is 2.99. The standard InChI is InChI=1S/C20H28N2O6/c1-5-28-19(24)14-21-8-10-22(11-9-21)18(23)7-6-15-12-16(25-2)20(27-4)17(13-15)26-3/h6-7,12-13H,5,8-11,14H2,1-4H3/b7-6+. The summed E-state index contributed by atoms with van der Waals surface area (Å²) in [6.07, 6.45) is 3.25. The van der Waals surface area contributed by atoms with Crippen molar-refractivity contribution in [2.24, 2.45) is 0 Å². The number of hydrogen-bond acceptors (Lipinski definition) is 7. The first-order valence-corrected chi connectivity index (χ1v) is 9.17. The number of hydrogen-bond donors (Lipinski definition) is 0. The van der Waals surface area contributed by atoms with Crippen LogP contribution in [0.3, 0.4) is 0 Å². The summed E-state index contributed by atoms with van der Waals surface area (Å²) in [4.78, 5) is 27.8. The van der Waals surface area contributed by atoms with E-state index in [1.54, 1.807) is 51.4 Å². The zero-order valence-corrected chi connectivity index (χ0v) is 16.9. The van der Waals surface area contributed by atoms with Crippen LogP contribution >= 0.6 is 0 Å². The van der Waals surface area contributed by atoms with Gasteiger partial charge >= 0.3 is 5.97 Å². The molecule has 2 rings (SSSR count). The van der Waals surface area contributed by atoms with Crippen LogP contribution in [-0.4, -0.2) is 82.3 Å². The number of nitrogens with zero attached hydrogens (tertiary/aromatic N) is 2. The van der Waals surface area contributed by atoms with Gasteiger partial charge in [-0.3, -0.25) is 14.5 Å². The van der Waals surface area contributed by atoms with Gasteiger partial charge in [-0.2, -0.15) is 0 Å². The van der Waals surface area contributed by atoms with Crippen molar-refractivity contribution >= 4 is 18.0 Å². The molecule has 1 aliphatic heterocycles. The molecule has 1 heterocycles. The first-order valence-electron chi connectivity index (χ1n) is 9.17. The van der Waals surface area contributed by atoms with E-state index in [4.69, 9.17) is 18.9 Å². The van der Waals surface area contributed by atoms with Crippen molar-refractivity contribution in [2.75, 3.05) is 60.7 Å². The molecule has 8 nitrogen and oxygen atoms in total. The molecule has 0 spiro atoms. The smallest absolute Gasteiger partial charge is 0.320 e. The molecule has 0 aliphatic carbocycles. The van der Waals surface area contributed by atoms with Gasteiger partial charge in [-0.25, -0.2) is 0 Å². The van der Waals surface area contributed by atoms with E-state index in [0.29, 0.717) is 50.0 Å². The highest BCUT2D eigenvalue weighted by Gasteiger charge is 2.21. The van der Waals surface area contributed by atoms with Gasteiger partial charge in [0, 0.05) is 32.3 Å². The van der Waals surface area contributed by atoms with Crippen molar-refractivity contribution in [3.8, 4) is 17.2 Å². The van der Waals surface area contributed by atoms with Crippen LogP contribution in [0.15, 0.2) is 18.2 Å². The molecular weight excluding hydrogens is 364 g/mol. The van der Waals surface area contributed by atoms with Crippen LogP contribution in [0.4, 0.5) is 0 Å². The fourth-order valence-corrected chi connectivity index (χ4v) is 2.99. The van der Waals surface area contributed by atoms with Crippen LogP contribution in [0.5, 0.6) is 17.2 Å². The summed E-state index contributed by atoms with van der Waals surface area (Å²) in [6, 6.07) is 3.56. The Labute approximate surface area is 165 Å². The van der Waals surface area contributed by atoms with Crippen molar-refractivity contribution < 1.29 is 28.5 Å². The molecule has 1 fully saturated rings. The van der Waals surface area contributed by atoms with Crippen molar-refractivity contribution in [1.29, 1.82) is 0 Å². The number of carbonyl (C=O) groups is 2.